The summed E-state index contributed by atoms with van der Waals surface area (Å²) in [5.41, 5.74) is 2.15. The van der Waals surface area contributed by atoms with Crippen molar-refractivity contribution < 1.29 is 19.1 Å². The predicted molar refractivity (Wildman–Crippen MR) is 122 cm³/mol. The summed E-state index contributed by atoms with van der Waals surface area (Å²) in [7, 11) is 0. The number of hydrogen-bond acceptors (Lipinski definition) is 5. The molecule has 2 aliphatic rings. The van der Waals surface area contributed by atoms with Crippen LogP contribution in [0.3, 0.4) is 0 Å². The molecule has 4 rings (SSSR count). The fourth-order valence-corrected chi connectivity index (χ4v) is 4.00. The number of nitrogens with zero attached hydrogens (tertiary/aromatic N) is 3. The molecule has 7 nitrogen and oxygen atoms in total. The lowest BCUT2D eigenvalue weighted by molar-refractivity contribution is 0.0146. The highest BCUT2D eigenvalue weighted by Crippen LogP contribution is 2.28. The molecule has 0 aromatic heterocycles. The second kappa shape index (κ2) is 8.74. The third-order valence-electron chi connectivity index (χ3n) is 5.73. The van der Waals surface area contributed by atoms with Crippen molar-refractivity contribution in [2.45, 2.75) is 32.8 Å². The van der Waals surface area contributed by atoms with Gasteiger partial charge in [-0.3, -0.25) is 14.5 Å². The zero-order chi connectivity index (χ0) is 22.9. The van der Waals surface area contributed by atoms with Crippen LogP contribution in [0.1, 0.15) is 47.1 Å². The van der Waals surface area contributed by atoms with Crippen LogP contribution >= 0.6 is 0 Å². The average molecular weight is 436 g/mol. The SMILES string of the molecule is CC(C)(C)OC(=O)N1CCN(CCc2ccc(N3C(=O)c4ccccc4C3=O)cc2)CC1. The van der Waals surface area contributed by atoms with Crippen LogP contribution in [0.15, 0.2) is 48.5 Å². The molecule has 0 bridgehead atoms. The van der Waals surface area contributed by atoms with Crippen molar-refractivity contribution in [2.75, 3.05) is 37.6 Å². The van der Waals surface area contributed by atoms with E-state index in [4.69, 9.17) is 4.74 Å². The van der Waals surface area contributed by atoms with Crippen LogP contribution < -0.4 is 4.90 Å². The summed E-state index contributed by atoms with van der Waals surface area (Å²) in [4.78, 5) is 42.8. The van der Waals surface area contributed by atoms with Gasteiger partial charge in [-0.25, -0.2) is 9.69 Å². The summed E-state index contributed by atoms with van der Waals surface area (Å²) in [6, 6.07) is 14.5. The Labute approximate surface area is 188 Å². The van der Waals surface area contributed by atoms with E-state index < -0.39 is 5.60 Å². The molecule has 0 aliphatic carbocycles. The quantitative estimate of drug-likeness (QED) is 0.687. The maximum atomic E-state index is 12.6. The fourth-order valence-electron chi connectivity index (χ4n) is 4.00. The number of hydrogen-bond donors (Lipinski definition) is 0. The van der Waals surface area contributed by atoms with Crippen molar-refractivity contribution >= 4 is 23.6 Å². The van der Waals surface area contributed by atoms with Gasteiger partial charge in [0.2, 0.25) is 0 Å². The summed E-state index contributed by atoms with van der Waals surface area (Å²) in [6.45, 7) is 9.46. The maximum absolute atomic E-state index is 12.6. The lowest BCUT2D eigenvalue weighted by Gasteiger charge is -2.35. The van der Waals surface area contributed by atoms with Crippen molar-refractivity contribution in [1.29, 1.82) is 0 Å². The zero-order valence-electron chi connectivity index (χ0n) is 18.8. The van der Waals surface area contributed by atoms with Gasteiger partial charge >= 0.3 is 6.09 Å². The second-order valence-corrected chi connectivity index (χ2v) is 9.22. The third-order valence-corrected chi connectivity index (χ3v) is 5.73. The Balaban J connectivity index is 1.29. The minimum Gasteiger partial charge on any atom is -0.444 e. The Morgan fingerprint density at radius 1 is 0.875 bits per heavy atom. The number of rotatable bonds is 4. The topological polar surface area (TPSA) is 70.2 Å². The molecule has 7 heteroatoms. The number of anilines is 1. The standard InChI is InChI=1S/C25H29N3O4/c1-25(2,3)32-24(31)27-16-14-26(15-17-27)13-12-18-8-10-19(11-9-18)28-22(29)20-6-4-5-7-21(20)23(28)30/h4-11H,12-17H2,1-3H3. The van der Waals surface area contributed by atoms with Gasteiger partial charge in [-0.2, -0.15) is 0 Å². The molecule has 0 spiro atoms. The largest absolute Gasteiger partial charge is 0.444 e. The van der Waals surface area contributed by atoms with Gasteiger partial charge in [0.15, 0.2) is 0 Å². The summed E-state index contributed by atoms with van der Waals surface area (Å²) in [6.07, 6.45) is 0.607. The van der Waals surface area contributed by atoms with Gasteiger partial charge in [0.05, 0.1) is 16.8 Å². The lowest BCUT2D eigenvalue weighted by Crippen LogP contribution is -2.50. The van der Waals surface area contributed by atoms with Crippen molar-refractivity contribution in [3.8, 4) is 0 Å². The average Bonchev–Trinajstić information content (AvgIpc) is 3.02. The van der Waals surface area contributed by atoms with E-state index in [1.165, 1.54) is 4.90 Å². The van der Waals surface area contributed by atoms with Crippen LogP contribution in [0, 0.1) is 0 Å². The highest BCUT2D eigenvalue weighted by Gasteiger charge is 2.36. The molecular formula is C25H29N3O4. The molecule has 2 heterocycles. The van der Waals surface area contributed by atoms with E-state index in [1.54, 1.807) is 29.2 Å². The van der Waals surface area contributed by atoms with E-state index in [1.807, 2.05) is 45.0 Å². The smallest absolute Gasteiger partial charge is 0.410 e. The predicted octanol–water partition coefficient (Wildman–Crippen LogP) is 3.58. The van der Waals surface area contributed by atoms with Crippen LogP contribution in [0.4, 0.5) is 10.5 Å². The summed E-state index contributed by atoms with van der Waals surface area (Å²) in [5, 5.41) is 0. The van der Waals surface area contributed by atoms with Crippen LogP contribution in [0.25, 0.3) is 0 Å². The first kappa shape index (κ1) is 22.0. The van der Waals surface area contributed by atoms with Gasteiger partial charge in [0.25, 0.3) is 11.8 Å². The van der Waals surface area contributed by atoms with Crippen molar-refractivity contribution in [2.24, 2.45) is 0 Å². The Morgan fingerprint density at radius 2 is 1.44 bits per heavy atom. The lowest BCUT2D eigenvalue weighted by atomic mass is 10.1. The number of piperazine rings is 1. The maximum Gasteiger partial charge on any atom is 0.410 e. The van der Waals surface area contributed by atoms with E-state index in [2.05, 4.69) is 4.90 Å². The fraction of sp³-hybridized carbons (Fsp3) is 0.400. The van der Waals surface area contributed by atoms with Gasteiger partial charge in [-0.15, -0.1) is 0 Å². The van der Waals surface area contributed by atoms with Crippen molar-refractivity contribution in [3.63, 3.8) is 0 Å². The number of amides is 3. The second-order valence-electron chi connectivity index (χ2n) is 9.22. The molecule has 2 aliphatic heterocycles. The summed E-state index contributed by atoms with van der Waals surface area (Å²) >= 11 is 0. The van der Waals surface area contributed by atoms with E-state index in [-0.39, 0.29) is 17.9 Å². The molecule has 0 saturated carbocycles. The molecule has 168 valence electrons. The van der Waals surface area contributed by atoms with Gasteiger partial charge in [-0.1, -0.05) is 24.3 Å². The number of fused-ring (bicyclic) bond motifs is 1. The number of carbonyl (C=O) groups excluding carboxylic acids is 3. The van der Waals surface area contributed by atoms with Gasteiger partial charge < -0.3 is 9.64 Å². The van der Waals surface area contributed by atoms with Crippen molar-refractivity contribution in [3.05, 3.63) is 65.2 Å². The Morgan fingerprint density at radius 3 is 1.97 bits per heavy atom. The molecule has 2 aromatic carbocycles. The highest BCUT2D eigenvalue weighted by atomic mass is 16.6. The first-order valence-corrected chi connectivity index (χ1v) is 11.0. The number of imide groups is 1. The highest BCUT2D eigenvalue weighted by molar-refractivity contribution is 6.34. The summed E-state index contributed by atoms with van der Waals surface area (Å²) < 4.78 is 5.45. The summed E-state index contributed by atoms with van der Waals surface area (Å²) in [5.74, 6) is -0.553. The molecule has 32 heavy (non-hydrogen) atoms. The van der Waals surface area contributed by atoms with Crippen LogP contribution in [-0.2, 0) is 11.2 Å². The minimum atomic E-state index is -0.479. The van der Waals surface area contributed by atoms with Crippen LogP contribution in [0.5, 0.6) is 0 Å². The number of ether oxygens (including phenoxy) is 1. The number of carbonyl (C=O) groups is 3. The normalized spacial score (nSPS) is 17.0. The van der Waals surface area contributed by atoms with Crippen molar-refractivity contribution in [1.82, 2.24) is 9.80 Å². The molecule has 1 fully saturated rings. The van der Waals surface area contributed by atoms with Crippen LogP contribution in [0.2, 0.25) is 0 Å². The molecule has 0 atom stereocenters. The minimum absolute atomic E-state index is 0.249. The molecule has 2 aromatic rings. The van der Waals surface area contributed by atoms with Gasteiger partial charge in [0.1, 0.15) is 5.60 Å². The Hall–Kier alpha value is -3.19. The molecule has 1 saturated heterocycles. The van der Waals surface area contributed by atoms with Crippen LogP contribution in [-0.4, -0.2) is 66.0 Å². The van der Waals surface area contributed by atoms with E-state index in [0.29, 0.717) is 29.9 Å². The monoisotopic (exact) mass is 435 g/mol. The van der Waals surface area contributed by atoms with E-state index in [9.17, 15) is 14.4 Å². The number of benzene rings is 2. The van der Waals surface area contributed by atoms with Gasteiger partial charge in [0, 0.05) is 32.7 Å². The first-order chi connectivity index (χ1) is 15.2. The molecule has 0 unspecified atom stereocenters. The molecule has 3 amide bonds. The zero-order valence-corrected chi connectivity index (χ0v) is 18.8. The van der Waals surface area contributed by atoms with E-state index in [0.717, 1.165) is 31.6 Å². The molecule has 0 N–H and O–H groups in total. The third kappa shape index (κ3) is 4.67. The molecular weight excluding hydrogens is 406 g/mol. The Bertz CT molecular complexity index is 983. The Kier molecular flexibility index (Phi) is 6.02. The molecule has 0 radical (unpaired) electrons. The van der Waals surface area contributed by atoms with E-state index >= 15 is 0 Å². The first-order valence-electron chi connectivity index (χ1n) is 11.0. The van der Waals surface area contributed by atoms with Gasteiger partial charge in [-0.05, 0) is 57.0 Å².